The van der Waals surface area contributed by atoms with Gasteiger partial charge in [0.05, 0.1) is 19.8 Å². The number of benzene rings is 1. The van der Waals surface area contributed by atoms with Gasteiger partial charge in [-0.25, -0.2) is 0 Å². The minimum atomic E-state index is 0.586. The van der Waals surface area contributed by atoms with Crippen molar-refractivity contribution in [3.63, 3.8) is 0 Å². The molecule has 18 heavy (non-hydrogen) atoms. The van der Waals surface area contributed by atoms with E-state index >= 15 is 0 Å². The first-order valence-electron chi connectivity index (χ1n) is 6.47. The van der Waals surface area contributed by atoms with Gasteiger partial charge in [-0.3, -0.25) is 0 Å². The average molecular weight is 253 g/mol. The van der Waals surface area contributed by atoms with Crippen LogP contribution in [0.2, 0.25) is 0 Å². The summed E-state index contributed by atoms with van der Waals surface area (Å²) in [4.78, 5) is 0. The van der Waals surface area contributed by atoms with E-state index in [0.29, 0.717) is 19.8 Å². The molecule has 0 amide bonds. The minimum Gasteiger partial charge on any atom is -0.491 e. The molecule has 0 radical (unpaired) electrons. The molecular formula is C14H23NO3. The van der Waals surface area contributed by atoms with Gasteiger partial charge < -0.3 is 19.5 Å². The molecule has 4 heteroatoms. The lowest BCUT2D eigenvalue weighted by atomic mass is 10.3. The fraction of sp³-hybridized carbons (Fsp3) is 0.571. The molecular weight excluding hydrogens is 230 g/mol. The predicted octanol–water partition coefficient (Wildman–Crippen LogP) is 1.71. The molecule has 0 heterocycles. The van der Waals surface area contributed by atoms with Gasteiger partial charge in [0.25, 0.3) is 0 Å². The third-order valence-corrected chi connectivity index (χ3v) is 2.29. The zero-order valence-corrected chi connectivity index (χ0v) is 11.1. The predicted molar refractivity (Wildman–Crippen MR) is 72.1 cm³/mol. The van der Waals surface area contributed by atoms with Gasteiger partial charge in [-0.05, 0) is 19.1 Å². The van der Waals surface area contributed by atoms with Crippen LogP contribution < -0.4 is 10.1 Å². The number of rotatable bonds is 11. The Morgan fingerprint density at radius 1 is 0.889 bits per heavy atom. The molecule has 1 aromatic rings. The third-order valence-electron chi connectivity index (χ3n) is 2.29. The van der Waals surface area contributed by atoms with Gasteiger partial charge in [0, 0.05) is 19.7 Å². The van der Waals surface area contributed by atoms with E-state index in [4.69, 9.17) is 14.2 Å². The fourth-order valence-electron chi connectivity index (χ4n) is 1.40. The molecule has 0 bridgehead atoms. The maximum absolute atomic E-state index is 5.50. The second kappa shape index (κ2) is 11.0. The molecule has 0 saturated heterocycles. The van der Waals surface area contributed by atoms with E-state index in [1.165, 1.54) is 0 Å². The van der Waals surface area contributed by atoms with Crippen molar-refractivity contribution in [3.8, 4) is 5.75 Å². The van der Waals surface area contributed by atoms with E-state index in [1.54, 1.807) is 0 Å². The van der Waals surface area contributed by atoms with Crippen LogP contribution in [0.5, 0.6) is 5.75 Å². The van der Waals surface area contributed by atoms with Gasteiger partial charge in [0.2, 0.25) is 0 Å². The molecule has 0 unspecified atom stereocenters. The highest BCUT2D eigenvalue weighted by molar-refractivity contribution is 5.20. The molecule has 0 aliphatic rings. The Kier molecular flexibility index (Phi) is 9.16. The van der Waals surface area contributed by atoms with Crippen LogP contribution >= 0.6 is 0 Å². The van der Waals surface area contributed by atoms with Gasteiger partial charge in [-0.15, -0.1) is 0 Å². The van der Waals surface area contributed by atoms with Gasteiger partial charge in [-0.1, -0.05) is 18.2 Å². The van der Waals surface area contributed by atoms with Gasteiger partial charge in [-0.2, -0.15) is 0 Å². The highest BCUT2D eigenvalue weighted by atomic mass is 16.5. The summed E-state index contributed by atoms with van der Waals surface area (Å²) >= 11 is 0. The molecule has 0 saturated carbocycles. The summed E-state index contributed by atoms with van der Waals surface area (Å²) in [6, 6.07) is 9.76. The Hall–Kier alpha value is -1.10. The maximum atomic E-state index is 5.50. The topological polar surface area (TPSA) is 39.7 Å². The van der Waals surface area contributed by atoms with Gasteiger partial charge in [0.1, 0.15) is 12.4 Å². The van der Waals surface area contributed by atoms with Crippen molar-refractivity contribution in [1.29, 1.82) is 0 Å². The molecule has 0 aliphatic carbocycles. The van der Waals surface area contributed by atoms with E-state index in [2.05, 4.69) is 5.32 Å². The lowest BCUT2D eigenvalue weighted by Gasteiger charge is -2.08. The van der Waals surface area contributed by atoms with E-state index in [0.717, 1.165) is 32.1 Å². The first-order valence-corrected chi connectivity index (χ1v) is 6.47. The molecule has 102 valence electrons. The molecule has 0 atom stereocenters. The summed E-state index contributed by atoms with van der Waals surface area (Å²) in [6.45, 7) is 7.14. The van der Waals surface area contributed by atoms with E-state index in [-0.39, 0.29) is 0 Å². The number of para-hydroxylation sites is 1. The molecule has 0 spiro atoms. The van der Waals surface area contributed by atoms with E-state index in [9.17, 15) is 0 Å². The largest absolute Gasteiger partial charge is 0.491 e. The van der Waals surface area contributed by atoms with E-state index in [1.807, 2.05) is 37.3 Å². The van der Waals surface area contributed by atoms with Crippen LogP contribution in [0.4, 0.5) is 0 Å². The molecule has 0 aliphatic heterocycles. The first-order chi connectivity index (χ1) is 8.93. The van der Waals surface area contributed by atoms with Crippen molar-refractivity contribution in [2.45, 2.75) is 6.92 Å². The van der Waals surface area contributed by atoms with Crippen LogP contribution in [0.15, 0.2) is 30.3 Å². The van der Waals surface area contributed by atoms with E-state index < -0.39 is 0 Å². The van der Waals surface area contributed by atoms with Crippen molar-refractivity contribution in [2.24, 2.45) is 0 Å². The Morgan fingerprint density at radius 2 is 1.61 bits per heavy atom. The summed E-state index contributed by atoms with van der Waals surface area (Å²) in [7, 11) is 0. The Morgan fingerprint density at radius 3 is 2.33 bits per heavy atom. The monoisotopic (exact) mass is 253 g/mol. The van der Waals surface area contributed by atoms with Crippen molar-refractivity contribution in [2.75, 3.05) is 46.1 Å². The second-order valence-corrected chi connectivity index (χ2v) is 3.72. The van der Waals surface area contributed by atoms with Crippen molar-refractivity contribution < 1.29 is 14.2 Å². The lowest BCUT2D eigenvalue weighted by molar-refractivity contribution is 0.0987. The minimum absolute atomic E-state index is 0.586. The zero-order valence-electron chi connectivity index (χ0n) is 11.1. The molecule has 0 aromatic heterocycles. The van der Waals surface area contributed by atoms with Crippen molar-refractivity contribution in [3.05, 3.63) is 30.3 Å². The highest BCUT2D eigenvalue weighted by Gasteiger charge is 1.92. The van der Waals surface area contributed by atoms with Crippen LogP contribution in [-0.4, -0.2) is 46.1 Å². The number of hydrogen-bond acceptors (Lipinski definition) is 4. The van der Waals surface area contributed by atoms with Crippen LogP contribution in [0.3, 0.4) is 0 Å². The van der Waals surface area contributed by atoms with Crippen molar-refractivity contribution in [1.82, 2.24) is 5.32 Å². The summed E-state index contributed by atoms with van der Waals surface area (Å²) in [5.74, 6) is 0.885. The molecule has 1 aromatic carbocycles. The van der Waals surface area contributed by atoms with Crippen LogP contribution in [-0.2, 0) is 9.47 Å². The Bertz CT molecular complexity index is 280. The van der Waals surface area contributed by atoms with Crippen LogP contribution in [0, 0.1) is 0 Å². The molecule has 0 fully saturated rings. The van der Waals surface area contributed by atoms with Gasteiger partial charge >= 0.3 is 0 Å². The average Bonchev–Trinajstić information content (AvgIpc) is 2.42. The smallest absolute Gasteiger partial charge is 0.119 e. The standard InChI is InChI=1S/C14H23NO3/c1-2-16-10-8-15-9-11-17-12-13-18-14-6-4-3-5-7-14/h3-7,15H,2,8-13H2,1H3. The lowest BCUT2D eigenvalue weighted by Crippen LogP contribution is -2.24. The first kappa shape index (κ1) is 15.0. The number of hydrogen-bond donors (Lipinski definition) is 1. The highest BCUT2D eigenvalue weighted by Crippen LogP contribution is 2.07. The second-order valence-electron chi connectivity index (χ2n) is 3.72. The van der Waals surface area contributed by atoms with Crippen LogP contribution in [0.1, 0.15) is 6.92 Å². The Labute approximate surface area is 109 Å². The summed E-state index contributed by atoms with van der Waals surface area (Å²) in [5.41, 5.74) is 0. The number of nitrogens with one attached hydrogen (secondary N) is 1. The summed E-state index contributed by atoms with van der Waals surface area (Å²) < 4.78 is 16.1. The van der Waals surface area contributed by atoms with Crippen LogP contribution in [0.25, 0.3) is 0 Å². The maximum Gasteiger partial charge on any atom is 0.119 e. The SMILES string of the molecule is CCOCCNCCOCCOc1ccccc1. The third kappa shape index (κ3) is 8.06. The molecule has 1 N–H and O–H groups in total. The number of ether oxygens (including phenoxy) is 3. The quantitative estimate of drug-likeness (QED) is 0.609. The van der Waals surface area contributed by atoms with Crippen molar-refractivity contribution >= 4 is 0 Å². The summed E-state index contributed by atoms with van der Waals surface area (Å²) in [6.07, 6.45) is 0. The zero-order chi connectivity index (χ0) is 12.9. The Balaban J connectivity index is 1.82. The fourth-order valence-corrected chi connectivity index (χ4v) is 1.40. The normalized spacial score (nSPS) is 10.5. The summed E-state index contributed by atoms with van der Waals surface area (Å²) in [5, 5.41) is 3.24. The molecule has 1 rings (SSSR count). The molecule has 4 nitrogen and oxygen atoms in total. The van der Waals surface area contributed by atoms with Gasteiger partial charge in [0.15, 0.2) is 0 Å².